The van der Waals surface area contributed by atoms with Crippen molar-refractivity contribution in [2.45, 2.75) is 58.4 Å². The summed E-state index contributed by atoms with van der Waals surface area (Å²) in [5.74, 6) is 1.68. The van der Waals surface area contributed by atoms with Crippen LogP contribution in [0.2, 0.25) is 0 Å². The molecule has 122 valence electrons. The van der Waals surface area contributed by atoms with Crippen molar-refractivity contribution < 1.29 is 4.79 Å². The van der Waals surface area contributed by atoms with Crippen LogP contribution in [0.25, 0.3) is 0 Å². The van der Waals surface area contributed by atoms with E-state index < -0.39 is 0 Å². The highest BCUT2D eigenvalue weighted by Crippen LogP contribution is 2.28. The van der Waals surface area contributed by atoms with Gasteiger partial charge in [-0.05, 0) is 50.6 Å². The Morgan fingerprint density at radius 2 is 1.86 bits per heavy atom. The Morgan fingerprint density at radius 1 is 1.19 bits per heavy atom. The van der Waals surface area contributed by atoms with Crippen LogP contribution in [0.1, 0.15) is 52.4 Å². The number of nitrogens with two attached hydrogens (primary N) is 1. The second-order valence-corrected chi connectivity index (χ2v) is 6.97. The average molecular weight is 295 g/mol. The van der Waals surface area contributed by atoms with E-state index in [1.54, 1.807) is 0 Å². The van der Waals surface area contributed by atoms with E-state index in [-0.39, 0.29) is 0 Å². The SMILES string of the molecule is CCN(CC(=O)N1CCC(C)CC1)C1CCCCC1CN. The van der Waals surface area contributed by atoms with Crippen LogP contribution >= 0.6 is 0 Å². The van der Waals surface area contributed by atoms with Gasteiger partial charge in [0.15, 0.2) is 0 Å². The number of carbonyl (C=O) groups is 1. The summed E-state index contributed by atoms with van der Waals surface area (Å²) in [5.41, 5.74) is 5.95. The summed E-state index contributed by atoms with van der Waals surface area (Å²) in [4.78, 5) is 17.0. The highest BCUT2D eigenvalue weighted by atomic mass is 16.2. The number of piperidine rings is 1. The Labute approximate surface area is 130 Å². The number of likely N-dealkylation sites (N-methyl/N-ethyl adjacent to an activating group) is 1. The fourth-order valence-corrected chi connectivity index (χ4v) is 3.94. The molecule has 21 heavy (non-hydrogen) atoms. The van der Waals surface area contributed by atoms with E-state index >= 15 is 0 Å². The lowest BCUT2D eigenvalue weighted by atomic mass is 9.83. The maximum absolute atomic E-state index is 12.6. The predicted molar refractivity (Wildman–Crippen MR) is 87.0 cm³/mol. The first kappa shape index (κ1) is 16.8. The Bertz CT molecular complexity index is 326. The van der Waals surface area contributed by atoms with E-state index in [9.17, 15) is 4.79 Å². The Kier molecular flexibility index (Phi) is 6.49. The monoisotopic (exact) mass is 295 g/mol. The smallest absolute Gasteiger partial charge is 0.236 e. The highest BCUT2D eigenvalue weighted by Gasteiger charge is 2.31. The summed E-state index contributed by atoms with van der Waals surface area (Å²) in [6.07, 6.45) is 7.34. The number of hydrogen-bond donors (Lipinski definition) is 1. The minimum Gasteiger partial charge on any atom is -0.342 e. The van der Waals surface area contributed by atoms with Gasteiger partial charge in [0.25, 0.3) is 0 Å². The summed E-state index contributed by atoms with van der Waals surface area (Å²) in [5, 5.41) is 0. The molecule has 1 amide bonds. The third kappa shape index (κ3) is 4.43. The van der Waals surface area contributed by atoms with Gasteiger partial charge in [-0.25, -0.2) is 0 Å². The Hall–Kier alpha value is -0.610. The van der Waals surface area contributed by atoms with Crippen molar-refractivity contribution in [3.63, 3.8) is 0 Å². The molecule has 2 aliphatic rings. The van der Waals surface area contributed by atoms with Crippen LogP contribution in [0.15, 0.2) is 0 Å². The Balaban J connectivity index is 1.90. The van der Waals surface area contributed by atoms with E-state index in [2.05, 4.69) is 23.6 Å². The number of likely N-dealkylation sites (tertiary alicyclic amines) is 1. The minimum absolute atomic E-state index is 0.324. The zero-order chi connectivity index (χ0) is 15.2. The molecule has 1 aliphatic heterocycles. The number of carbonyl (C=O) groups excluding carboxylic acids is 1. The molecule has 2 atom stereocenters. The summed E-state index contributed by atoms with van der Waals surface area (Å²) in [6.45, 7) is 8.66. The van der Waals surface area contributed by atoms with Gasteiger partial charge in [-0.3, -0.25) is 9.69 Å². The average Bonchev–Trinajstić information content (AvgIpc) is 2.53. The second kappa shape index (κ2) is 8.14. The van der Waals surface area contributed by atoms with Crippen LogP contribution in [0.4, 0.5) is 0 Å². The topological polar surface area (TPSA) is 49.6 Å². The van der Waals surface area contributed by atoms with Crippen LogP contribution in [0.3, 0.4) is 0 Å². The summed E-state index contributed by atoms with van der Waals surface area (Å²) in [6, 6.07) is 0.515. The fourth-order valence-electron chi connectivity index (χ4n) is 3.94. The molecular formula is C17H33N3O. The van der Waals surface area contributed by atoms with E-state index in [4.69, 9.17) is 5.73 Å². The molecule has 0 aromatic rings. The van der Waals surface area contributed by atoms with Gasteiger partial charge in [0, 0.05) is 19.1 Å². The molecule has 0 aromatic carbocycles. The van der Waals surface area contributed by atoms with Crippen molar-refractivity contribution in [2.24, 2.45) is 17.6 Å². The Morgan fingerprint density at radius 3 is 2.48 bits per heavy atom. The molecule has 0 spiro atoms. The zero-order valence-electron chi connectivity index (χ0n) is 13.9. The first-order chi connectivity index (χ1) is 10.2. The molecule has 2 N–H and O–H groups in total. The molecule has 1 saturated heterocycles. The molecule has 2 fully saturated rings. The number of rotatable bonds is 5. The van der Waals surface area contributed by atoms with E-state index in [1.165, 1.54) is 25.7 Å². The van der Waals surface area contributed by atoms with Gasteiger partial charge in [0.2, 0.25) is 5.91 Å². The van der Waals surface area contributed by atoms with Gasteiger partial charge in [0.05, 0.1) is 6.54 Å². The molecule has 1 heterocycles. The zero-order valence-corrected chi connectivity index (χ0v) is 13.9. The number of nitrogens with zero attached hydrogens (tertiary/aromatic N) is 2. The first-order valence-corrected chi connectivity index (χ1v) is 8.87. The van der Waals surface area contributed by atoms with Crippen molar-refractivity contribution in [1.29, 1.82) is 0 Å². The van der Waals surface area contributed by atoms with Gasteiger partial charge in [0.1, 0.15) is 0 Å². The maximum Gasteiger partial charge on any atom is 0.236 e. The molecule has 0 bridgehead atoms. The molecule has 2 rings (SSSR count). The second-order valence-electron chi connectivity index (χ2n) is 6.97. The summed E-state index contributed by atoms with van der Waals surface area (Å²) < 4.78 is 0. The third-order valence-corrected chi connectivity index (χ3v) is 5.52. The molecule has 0 aromatic heterocycles. The number of amides is 1. The standard InChI is InChI=1S/C17H33N3O/c1-3-19(16-7-5-4-6-15(16)12-18)13-17(21)20-10-8-14(2)9-11-20/h14-16H,3-13,18H2,1-2H3. The van der Waals surface area contributed by atoms with Crippen LogP contribution < -0.4 is 5.73 Å². The molecule has 4 heteroatoms. The highest BCUT2D eigenvalue weighted by molar-refractivity contribution is 5.78. The largest absolute Gasteiger partial charge is 0.342 e. The van der Waals surface area contributed by atoms with Crippen LogP contribution in [-0.2, 0) is 4.79 Å². The van der Waals surface area contributed by atoms with Crippen molar-refractivity contribution in [2.75, 3.05) is 32.7 Å². The first-order valence-electron chi connectivity index (χ1n) is 8.87. The minimum atomic E-state index is 0.324. The van der Waals surface area contributed by atoms with Crippen LogP contribution in [0.5, 0.6) is 0 Å². The fraction of sp³-hybridized carbons (Fsp3) is 0.941. The molecule has 1 saturated carbocycles. The van der Waals surface area contributed by atoms with Crippen molar-refractivity contribution in [3.05, 3.63) is 0 Å². The lowest BCUT2D eigenvalue weighted by molar-refractivity contribution is -0.134. The van der Waals surface area contributed by atoms with Crippen LogP contribution in [0, 0.1) is 11.8 Å². The van der Waals surface area contributed by atoms with Crippen molar-refractivity contribution in [1.82, 2.24) is 9.80 Å². The molecule has 1 aliphatic carbocycles. The quantitative estimate of drug-likeness (QED) is 0.845. The molecule has 2 unspecified atom stereocenters. The van der Waals surface area contributed by atoms with E-state index in [0.29, 0.717) is 24.4 Å². The number of hydrogen-bond acceptors (Lipinski definition) is 3. The summed E-state index contributed by atoms with van der Waals surface area (Å²) in [7, 11) is 0. The molecule has 0 radical (unpaired) electrons. The third-order valence-electron chi connectivity index (χ3n) is 5.52. The molecule has 4 nitrogen and oxygen atoms in total. The maximum atomic E-state index is 12.6. The van der Waals surface area contributed by atoms with Gasteiger partial charge in [-0.15, -0.1) is 0 Å². The normalized spacial score (nSPS) is 28.1. The van der Waals surface area contributed by atoms with Crippen LogP contribution in [-0.4, -0.2) is 54.5 Å². The van der Waals surface area contributed by atoms with Crippen molar-refractivity contribution >= 4 is 5.91 Å². The predicted octanol–water partition coefficient (Wildman–Crippen LogP) is 2.08. The summed E-state index contributed by atoms with van der Waals surface area (Å²) >= 11 is 0. The van der Waals surface area contributed by atoms with E-state index in [1.807, 2.05) is 0 Å². The van der Waals surface area contributed by atoms with E-state index in [0.717, 1.165) is 44.9 Å². The lowest BCUT2D eigenvalue weighted by Crippen LogP contribution is -2.50. The van der Waals surface area contributed by atoms with Gasteiger partial charge in [-0.2, -0.15) is 0 Å². The van der Waals surface area contributed by atoms with Crippen molar-refractivity contribution in [3.8, 4) is 0 Å². The van der Waals surface area contributed by atoms with Gasteiger partial charge in [-0.1, -0.05) is 26.7 Å². The molecular weight excluding hydrogens is 262 g/mol. The van der Waals surface area contributed by atoms with Gasteiger partial charge < -0.3 is 10.6 Å². The van der Waals surface area contributed by atoms with Gasteiger partial charge >= 0.3 is 0 Å². The lowest BCUT2D eigenvalue weighted by Gasteiger charge is -2.40.